The van der Waals surface area contributed by atoms with Gasteiger partial charge in [-0.15, -0.1) is 0 Å². The van der Waals surface area contributed by atoms with Crippen LogP contribution in [-0.2, 0) is 5.41 Å². The van der Waals surface area contributed by atoms with E-state index in [-0.39, 0.29) is 5.41 Å². The van der Waals surface area contributed by atoms with Crippen LogP contribution in [0.5, 0.6) is 0 Å². The molecule has 2 aromatic rings. The van der Waals surface area contributed by atoms with Gasteiger partial charge < -0.3 is 9.84 Å². The van der Waals surface area contributed by atoms with Crippen LogP contribution in [0.15, 0.2) is 16.8 Å². The summed E-state index contributed by atoms with van der Waals surface area (Å²) in [6.07, 6.45) is 3.46. The number of halogens is 2. The summed E-state index contributed by atoms with van der Waals surface area (Å²) in [5.41, 5.74) is 0.402. The predicted octanol–water partition coefficient (Wildman–Crippen LogP) is 3.08. The summed E-state index contributed by atoms with van der Waals surface area (Å²) >= 11 is 12.0. The molecular weight excluding hydrogens is 299 g/mol. The normalized spacial score (nSPS) is 18.1. The van der Waals surface area contributed by atoms with E-state index in [1.54, 1.807) is 6.07 Å². The van der Waals surface area contributed by atoms with Crippen LogP contribution < -0.4 is 5.32 Å². The monoisotopic (exact) mass is 312 g/mol. The molecule has 106 valence electrons. The topological polar surface area (TPSA) is 63.8 Å². The average molecular weight is 313 g/mol. The molecule has 0 amide bonds. The van der Waals surface area contributed by atoms with Gasteiger partial charge in [0.05, 0.1) is 10.0 Å². The van der Waals surface area contributed by atoms with Gasteiger partial charge in [0.2, 0.25) is 11.7 Å². The quantitative estimate of drug-likeness (QED) is 0.923. The van der Waals surface area contributed by atoms with Gasteiger partial charge in [0, 0.05) is 11.6 Å². The molecule has 0 atom stereocenters. The number of nitrogens with zero attached hydrogens (tertiary/aromatic N) is 3. The predicted molar refractivity (Wildman–Crippen MR) is 77.0 cm³/mol. The molecule has 0 radical (unpaired) electrons. The fraction of sp³-hybridized carbons (Fsp3) is 0.462. The molecule has 1 fully saturated rings. The van der Waals surface area contributed by atoms with Gasteiger partial charge >= 0.3 is 0 Å². The maximum atomic E-state index is 6.12. The molecule has 5 nitrogen and oxygen atoms in total. The van der Waals surface area contributed by atoms with Gasteiger partial charge in [-0.05, 0) is 32.0 Å². The lowest BCUT2D eigenvalue weighted by Gasteiger charge is -2.30. The Morgan fingerprint density at radius 1 is 1.30 bits per heavy atom. The minimum Gasteiger partial charge on any atom is -0.338 e. The Morgan fingerprint density at radius 3 is 2.75 bits per heavy atom. The molecule has 0 spiro atoms. The first-order valence-corrected chi connectivity index (χ1v) is 7.20. The van der Waals surface area contributed by atoms with Crippen LogP contribution in [0, 0.1) is 0 Å². The van der Waals surface area contributed by atoms with Crippen LogP contribution in [0.4, 0.5) is 0 Å². The van der Waals surface area contributed by atoms with E-state index in [2.05, 4.69) is 27.4 Å². The summed E-state index contributed by atoms with van der Waals surface area (Å²) < 4.78 is 5.43. The Bertz CT molecular complexity index is 623. The van der Waals surface area contributed by atoms with Crippen molar-refractivity contribution in [3.63, 3.8) is 0 Å². The lowest BCUT2D eigenvalue weighted by molar-refractivity contribution is 0.241. The van der Waals surface area contributed by atoms with Crippen molar-refractivity contribution in [2.45, 2.75) is 25.2 Å². The lowest BCUT2D eigenvalue weighted by Crippen LogP contribution is -2.37. The lowest BCUT2D eigenvalue weighted by atomic mass is 9.81. The molecule has 1 aliphatic heterocycles. The zero-order valence-electron chi connectivity index (χ0n) is 11.0. The van der Waals surface area contributed by atoms with Gasteiger partial charge in [-0.2, -0.15) is 4.98 Å². The highest BCUT2D eigenvalue weighted by Crippen LogP contribution is 2.33. The molecule has 7 heteroatoms. The van der Waals surface area contributed by atoms with Gasteiger partial charge in [0.25, 0.3) is 0 Å². The van der Waals surface area contributed by atoms with Gasteiger partial charge in [-0.25, -0.2) is 4.98 Å². The summed E-state index contributed by atoms with van der Waals surface area (Å²) in [4.78, 5) is 8.64. The fourth-order valence-electron chi connectivity index (χ4n) is 2.34. The second kappa shape index (κ2) is 5.31. The van der Waals surface area contributed by atoms with E-state index in [9.17, 15) is 0 Å². The Kier molecular flexibility index (Phi) is 3.67. The third-order valence-electron chi connectivity index (χ3n) is 3.67. The highest BCUT2D eigenvalue weighted by molar-refractivity contribution is 6.35. The van der Waals surface area contributed by atoms with Crippen molar-refractivity contribution in [2.24, 2.45) is 0 Å². The smallest absolute Gasteiger partial charge is 0.233 e. The second-order valence-corrected chi connectivity index (χ2v) is 6.06. The largest absolute Gasteiger partial charge is 0.338 e. The number of hydrogen-bond donors (Lipinski definition) is 1. The molecule has 1 N–H and O–H groups in total. The van der Waals surface area contributed by atoms with E-state index in [1.807, 2.05) is 0 Å². The van der Waals surface area contributed by atoms with Crippen LogP contribution in [0.1, 0.15) is 25.7 Å². The first-order chi connectivity index (χ1) is 9.58. The van der Waals surface area contributed by atoms with Crippen molar-refractivity contribution >= 4 is 23.2 Å². The van der Waals surface area contributed by atoms with Crippen LogP contribution in [-0.4, -0.2) is 28.2 Å². The van der Waals surface area contributed by atoms with Crippen molar-refractivity contribution in [2.75, 3.05) is 13.1 Å². The third kappa shape index (κ3) is 2.53. The van der Waals surface area contributed by atoms with Gasteiger partial charge in [-0.3, -0.25) is 0 Å². The number of pyridine rings is 1. The summed E-state index contributed by atoms with van der Waals surface area (Å²) in [6.45, 7) is 4.05. The molecule has 0 unspecified atom stereocenters. The van der Waals surface area contributed by atoms with E-state index in [1.165, 1.54) is 6.20 Å². The minimum absolute atomic E-state index is 0.0879. The first kappa shape index (κ1) is 13.8. The van der Waals surface area contributed by atoms with Crippen molar-refractivity contribution in [3.05, 3.63) is 28.2 Å². The summed E-state index contributed by atoms with van der Waals surface area (Å²) in [5.74, 6) is 1.04. The molecule has 2 aromatic heterocycles. The van der Waals surface area contributed by atoms with Crippen molar-refractivity contribution in [1.29, 1.82) is 0 Å². The maximum absolute atomic E-state index is 6.12. The Hall–Kier alpha value is -1.17. The van der Waals surface area contributed by atoms with E-state index in [0.717, 1.165) is 25.9 Å². The Balaban J connectivity index is 1.93. The molecule has 3 rings (SSSR count). The maximum Gasteiger partial charge on any atom is 0.233 e. The summed E-state index contributed by atoms with van der Waals surface area (Å²) in [5, 5.41) is 8.22. The second-order valence-electron chi connectivity index (χ2n) is 5.22. The SMILES string of the molecule is CC1(c2nc(-c3ncc(Cl)cc3Cl)no2)CCNCC1. The van der Waals surface area contributed by atoms with Crippen LogP contribution in [0.25, 0.3) is 11.5 Å². The summed E-state index contributed by atoms with van der Waals surface area (Å²) in [6, 6.07) is 1.62. The minimum atomic E-state index is -0.0879. The number of rotatable bonds is 2. The fourth-order valence-corrected chi connectivity index (χ4v) is 2.80. The summed E-state index contributed by atoms with van der Waals surface area (Å²) in [7, 11) is 0. The molecule has 0 bridgehead atoms. The molecule has 3 heterocycles. The van der Waals surface area contributed by atoms with Gasteiger partial charge in [-0.1, -0.05) is 35.3 Å². The molecule has 20 heavy (non-hydrogen) atoms. The average Bonchev–Trinajstić information content (AvgIpc) is 2.90. The number of hydrogen-bond acceptors (Lipinski definition) is 5. The first-order valence-electron chi connectivity index (χ1n) is 6.45. The van der Waals surface area contributed by atoms with Crippen molar-refractivity contribution in [1.82, 2.24) is 20.4 Å². The number of aromatic nitrogens is 3. The highest BCUT2D eigenvalue weighted by atomic mass is 35.5. The van der Waals surface area contributed by atoms with E-state index < -0.39 is 0 Å². The standard InChI is InChI=1S/C13H14Cl2N4O/c1-13(2-4-16-5-3-13)12-18-11(19-20-12)10-9(15)6-8(14)7-17-10/h6-7,16H,2-5H2,1H3. The van der Waals surface area contributed by atoms with Gasteiger partial charge in [0.15, 0.2) is 0 Å². The van der Waals surface area contributed by atoms with Crippen LogP contribution in [0.2, 0.25) is 10.0 Å². The molecule has 0 aromatic carbocycles. The van der Waals surface area contributed by atoms with Crippen LogP contribution >= 0.6 is 23.2 Å². The molecule has 1 saturated heterocycles. The third-order valence-corrected chi connectivity index (χ3v) is 4.16. The Labute approximate surface area is 126 Å². The molecule has 0 aliphatic carbocycles. The van der Waals surface area contributed by atoms with Crippen LogP contribution in [0.3, 0.4) is 0 Å². The van der Waals surface area contributed by atoms with Crippen molar-refractivity contribution in [3.8, 4) is 11.5 Å². The zero-order valence-corrected chi connectivity index (χ0v) is 12.5. The highest BCUT2D eigenvalue weighted by Gasteiger charge is 2.34. The number of piperidine rings is 1. The zero-order chi connectivity index (χ0) is 14.2. The van der Waals surface area contributed by atoms with Gasteiger partial charge in [0.1, 0.15) is 5.69 Å². The molecule has 0 saturated carbocycles. The number of nitrogens with one attached hydrogen (secondary N) is 1. The van der Waals surface area contributed by atoms with Crippen molar-refractivity contribution < 1.29 is 4.52 Å². The van der Waals surface area contributed by atoms with E-state index >= 15 is 0 Å². The van der Waals surface area contributed by atoms with E-state index in [0.29, 0.717) is 27.5 Å². The molecular formula is C13H14Cl2N4O. The van der Waals surface area contributed by atoms with E-state index in [4.69, 9.17) is 27.7 Å². The molecule has 1 aliphatic rings. The Morgan fingerprint density at radius 2 is 2.05 bits per heavy atom.